The summed E-state index contributed by atoms with van der Waals surface area (Å²) >= 11 is 3.28. The smallest absolute Gasteiger partial charge is 0.241 e. The number of thiophene rings is 1. The first-order chi connectivity index (χ1) is 13.5. The topological polar surface area (TPSA) is 68.0 Å². The number of hydrogen-bond acceptors (Lipinski definition) is 5. The van der Waals surface area contributed by atoms with Gasteiger partial charge < -0.3 is 11.1 Å². The second kappa shape index (κ2) is 9.37. The molecule has 3 aromatic rings. The molecule has 0 aliphatic carbocycles. The van der Waals surface area contributed by atoms with Crippen LogP contribution >= 0.6 is 23.1 Å². The third kappa shape index (κ3) is 5.01. The number of nitrogens with two attached hydrogens (primary N) is 1. The molecular formula is C22H25N3OS2. The van der Waals surface area contributed by atoms with Gasteiger partial charge in [0, 0.05) is 27.7 Å². The Bertz CT molecular complexity index is 921. The minimum atomic E-state index is -0.504. The number of rotatable bonds is 7. The number of anilines is 1. The Kier molecular flexibility index (Phi) is 6.88. The van der Waals surface area contributed by atoms with Crippen LogP contribution in [-0.4, -0.2) is 23.2 Å². The molecular weight excluding hydrogens is 386 g/mol. The molecule has 0 bridgehead atoms. The lowest BCUT2D eigenvalue weighted by molar-refractivity contribution is -0.117. The normalized spacial score (nSPS) is 12.2. The van der Waals surface area contributed by atoms with Gasteiger partial charge in [0.15, 0.2) is 0 Å². The molecule has 2 aromatic heterocycles. The van der Waals surface area contributed by atoms with Crippen molar-refractivity contribution in [2.75, 3.05) is 11.6 Å². The highest BCUT2D eigenvalue weighted by atomic mass is 32.2. The van der Waals surface area contributed by atoms with E-state index in [1.165, 1.54) is 4.90 Å². The molecule has 0 saturated heterocycles. The van der Waals surface area contributed by atoms with E-state index < -0.39 is 6.04 Å². The summed E-state index contributed by atoms with van der Waals surface area (Å²) < 4.78 is 0. The lowest BCUT2D eigenvalue weighted by atomic mass is 10.0. The van der Waals surface area contributed by atoms with Gasteiger partial charge in [0.25, 0.3) is 0 Å². The number of hydrogen-bond donors (Lipinski definition) is 2. The number of aromatic nitrogens is 1. The van der Waals surface area contributed by atoms with Crippen molar-refractivity contribution < 1.29 is 4.79 Å². The maximum absolute atomic E-state index is 12.5. The predicted octanol–water partition coefficient (Wildman–Crippen LogP) is 5.51. The second-order valence-electron chi connectivity index (χ2n) is 7.04. The van der Waals surface area contributed by atoms with Gasteiger partial charge in [0.1, 0.15) is 0 Å². The Labute approximate surface area is 174 Å². The third-order valence-electron chi connectivity index (χ3n) is 4.38. The maximum Gasteiger partial charge on any atom is 0.241 e. The minimum absolute atomic E-state index is 0.138. The van der Waals surface area contributed by atoms with Crippen molar-refractivity contribution in [3.8, 4) is 21.6 Å². The van der Waals surface area contributed by atoms with Crippen LogP contribution in [0, 0.1) is 5.92 Å². The summed E-state index contributed by atoms with van der Waals surface area (Å²) in [5, 5.41) is 3.81. The summed E-state index contributed by atoms with van der Waals surface area (Å²) in [6, 6.07) is 14.0. The summed E-state index contributed by atoms with van der Waals surface area (Å²) in [5.41, 5.74) is 9.34. The SMILES string of the molecule is CSc1ccc(-c2cc(NC(=O)[C@@H](N)CC(C)C)sc2-c2ccncc2)cc1. The number of amides is 1. The van der Waals surface area contributed by atoms with Gasteiger partial charge in [-0.05, 0) is 60.1 Å². The zero-order valence-corrected chi connectivity index (χ0v) is 17.9. The zero-order chi connectivity index (χ0) is 20.1. The van der Waals surface area contributed by atoms with Crippen molar-refractivity contribution in [1.29, 1.82) is 0 Å². The van der Waals surface area contributed by atoms with Gasteiger partial charge in [-0.15, -0.1) is 23.1 Å². The average molecular weight is 412 g/mol. The summed E-state index contributed by atoms with van der Waals surface area (Å²) in [7, 11) is 0. The first-order valence-corrected chi connectivity index (χ1v) is 11.3. The Morgan fingerprint density at radius 3 is 2.43 bits per heavy atom. The van der Waals surface area contributed by atoms with Crippen LogP contribution in [0.1, 0.15) is 20.3 Å². The second-order valence-corrected chi connectivity index (χ2v) is 8.97. The highest BCUT2D eigenvalue weighted by Gasteiger charge is 2.18. The molecule has 2 heterocycles. The zero-order valence-electron chi connectivity index (χ0n) is 16.3. The van der Waals surface area contributed by atoms with Crippen molar-refractivity contribution in [3.05, 3.63) is 54.9 Å². The van der Waals surface area contributed by atoms with E-state index in [9.17, 15) is 4.79 Å². The van der Waals surface area contributed by atoms with Crippen molar-refractivity contribution in [2.45, 2.75) is 31.2 Å². The molecule has 6 heteroatoms. The van der Waals surface area contributed by atoms with E-state index in [4.69, 9.17) is 5.73 Å². The van der Waals surface area contributed by atoms with Gasteiger partial charge >= 0.3 is 0 Å². The van der Waals surface area contributed by atoms with Crippen LogP contribution in [0.25, 0.3) is 21.6 Å². The Morgan fingerprint density at radius 1 is 1.14 bits per heavy atom. The molecule has 0 fully saturated rings. The predicted molar refractivity (Wildman–Crippen MR) is 121 cm³/mol. The monoisotopic (exact) mass is 411 g/mol. The van der Waals surface area contributed by atoms with Gasteiger partial charge in [0.2, 0.25) is 5.91 Å². The van der Waals surface area contributed by atoms with Crippen LogP contribution in [0.5, 0.6) is 0 Å². The molecule has 3 rings (SSSR count). The molecule has 146 valence electrons. The number of carbonyl (C=O) groups is 1. The molecule has 3 N–H and O–H groups in total. The van der Waals surface area contributed by atoms with E-state index in [1.54, 1.807) is 35.5 Å². The summed E-state index contributed by atoms with van der Waals surface area (Å²) in [6.45, 7) is 4.13. The molecule has 0 unspecified atom stereocenters. The Balaban J connectivity index is 1.94. The van der Waals surface area contributed by atoms with E-state index in [1.807, 2.05) is 18.2 Å². The van der Waals surface area contributed by atoms with Gasteiger partial charge in [-0.25, -0.2) is 0 Å². The van der Waals surface area contributed by atoms with E-state index in [0.29, 0.717) is 12.3 Å². The summed E-state index contributed by atoms with van der Waals surface area (Å²) in [4.78, 5) is 18.9. The van der Waals surface area contributed by atoms with E-state index in [-0.39, 0.29) is 5.91 Å². The number of nitrogens with zero attached hydrogens (tertiary/aromatic N) is 1. The summed E-state index contributed by atoms with van der Waals surface area (Å²) in [6.07, 6.45) is 6.30. The highest BCUT2D eigenvalue weighted by Crippen LogP contribution is 2.42. The molecule has 0 aliphatic heterocycles. The lowest BCUT2D eigenvalue weighted by Gasteiger charge is -2.13. The standard InChI is InChI=1S/C22H25N3OS2/c1-14(2)12-19(23)22(26)25-20-13-18(15-4-6-17(27-3)7-5-15)21(28-20)16-8-10-24-11-9-16/h4-11,13-14,19H,12,23H2,1-3H3,(H,25,26)/t19-/m0/s1. The number of carbonyl (C=O) groups excluding carboxylic acids is 1. The molecule has 1 atom stereocenters. The first kappa shape index (κ1) is 20.6. The van der Waals surface area contributed by atoms with Crippen LogP contribution < -0.4 is 11.1 Å². The highest BCUT2D eigenvalue weighted by molar-refractivity contribution is 7.98. The van der Waals surface area contributed by atoms with Crippen molar-refractivity contribution in [3.63, 3.8) is 0 Å². The van der Waals surface area contributed by atoms with Crippen molar-refractivity contribution in [2.24, 2.45) is 11.7 Å². The molecule has 0 aliphatic rings. The lowest BCUT2D eigenvalue weighted by Crippen LogP contribution is -2.36. The number of pyridine rings is 1. The fourth-order valence-corrected chi connectivity index (χ4v) is 4.48. The number of benzene rings is 1. The molecule has 0 saturated carbocycles. The summed E-state index contributed by atoms with van der Waals surface area (Å²) in [5.74, 6) is 0.238. The fourth-order valence-electron chi connectivity index (χ4n) is 2.98. The van der Waals surface area contributed by atoms with E-state index in [2.05, 4.69) is 54.7 Å². The largest absolute Gasteiger partial charge is 0.320 e. The average Bonchev–Trinajstić information content (AvgIpc) is 3.12. The molecule has 4 nitrogen and oxygen atoms in total. The van der Waals surface area contributed by atoms with Crippen LogP contribution in [0.3, 0.4) is 0 Å². The van der Waals surface area contributed by atoms with E-state index in [0.717, 1.165) is 26.6 Å². The number of nitrogens with one attached hydrogen (secondary N) is 1. The molecule has 1 amide bonds. The molecule has 28 heavy (non-hydrogen) atoms. The quantitative estimate of drug-likeness (QED) is 0.503. The molecule has 0 spiro atoms. The van der Waals surface area contributed by atoms with Crippen LogP contribution in [-0.2, 0) is 4.79 Å². The van der Waals surface area contributed by atoms with Gasteiger partial charge in [0.05, 0.1) is 11.0 Å². The van der Waals surface area contributed by atoms with Gasteiger partial charge in [-0.2, -0.15) is 0 Å². The van der Waals surface area contributed by atoms with Gasteiger partial charge in [-0.1, -0.05) is 26.0 Å². The first-order valence-electron chi connectivity index (χ1n) is 9.23. The molecule has 0 radical (unpaired) electrons. The fraction of sp³-hybridized carbons (Fsp3) is 0.273. The van der Waals surface area contributed by atoms with Crippen molar-refractivity contribution >= 4 is 34.0 Å². The van der Waals surface area contributed by atoms with Crippen LogP contribution in [0.4, 0.5) is 5.00 Å². The van der Waals surface area contributed by atoms with Gasteiger partial charge in [-0.3, -0.25) is 9.78 Å². The Hall–Kier alpha value is -2.15. The molecule has 1 aromatic carbocycles. The van der Waals surface area contributed by atoms with E-state index >= 15 is 0 Å². The Morgan fingerprint density at radius 2 is 1.82 bits per heavy atom. The third-order valence-corrected chi connectivity index (χ3v) is 6.23. The van der Waals surface area contributed by atoms with Crippen molar-refractivity contribution in [1.82, 2.24) is 4.98 Å². The van der Waals surface area contributed by atoms with Crippen LogP contribution in [0.15, 0.2) is 59.8 Å². The number of thioether (sulfide) groups is 1. The maximum atomic E-state index is 12.5. The van der Waals surface area contributed by atoms with Crippen LogP contribution in [0.2, 0.25) is 0 Å². The minimum Gasteiger partial charge on any atom is -0.320 e.